The van der Waals surface area contributed by atoms with Gasteiger partial charge in [-0.15, -0.1) is 0 Å². The number of ether oxygens (including phenoxy) is 2. The van der Waals surface area contributed by atoms with Crippen molar-refractivity contribution in [1.29, 1.82) is 0 Å². The molecule has 4 nitrogen and oxygen atoms in total. The molecule has 0 N–H and O–H groups in total. The summed E-state index contributed by atoms with van der Waals surface area (Å²) in [5.41, 5.74) is 3.08. The van der Waals surface area contributed by atoms with E-state index in [9.17, 15) is 9.59 Å². The summed E-state index contributed by atoms with van der Waals surface area (Å²) in [4.78, 5) is 24.9. The highest BCUT2D eigenvalue weighted by Gasteiger charge is 2.41. The number of carbonyl (C=O) groups is 2. The van der Waals surface area contributed by atoms with Crippen molar-refractivity contribution in [3.8, 4) is 0 Å². The summed E-state index contributed by atoms with van der Waals surface area (Å²) >= 11 is 0. The molecule has 0 heterocycles. The van der Waals surface area contributed by atoms with Gasteiger partial charge in [-0.1, -0.05) is 38.1 Å². The van der Waals surface area contributed by atoms with Crippen LogP contribution in [-0.2, 0) is 19.1 Å². The third-order valence-corrected chi connectivity index (χ3v) is 3.74. The van der Waals surface area contributed by atoms with Gasteiger partial charge in [0.25, 0.3) is 0 Å². The monoisotopic (exact) mass is 302 g/mol. The first-order valence-corrected chi connectivity index (χ1v) is 7.69. The lowest BCUT2D eigenvalue weighted by Crippen LogP contribution is -2.22. The lowest BCUT2D eigenvalue weighted by Gasteiger charge is -2.15. The van der Waals surface area contributed by atoms with Crippen LogP contribution < -0.4 is 0 Å². The molecule has 1 atom stereocenters. The predicted molar refractivity (Wildman–Crippen MR) is 84.2 cm³/mol. The molecule has 4 heteroatoms. The minimum Gasteiger partial charge on any atom is -0.465 e. The average Bonchev–Trinajstić information content (AvgIpc) is 2.83. The van der Waals surface area contributed by atoms with E-state index < -0.39 is 17.9 Å². The van der Waals surface area contributed by atoms with Crippen molar-refractivity contribution in [2.75, 3.05) is 13.2 Å². The first kappa shape index (κ1) is 16.3. The second kappa shape index (κ2) is 6.77. The fraction of sp³-hybridized carbons (Fsp3) is 0.444. The van der Waals surface area contributed by atoms with Gasteiger partial charge in [-0.25, -0.2) is 4.79 Å². The van der Waals surface area contributed by atoms with Gasteiger partial charge >= 0.3 is 11.9 Å². The Morgan fingerprint density at radius 3 is 2.32 bits per heavy atom. The van der Waals surface area contributed by atoms with Crippen molar-refractivity contribution in [3.05, 3.63) is 41.0 Å². The van der Waals surface area contributed by atoms with E-state index in [4.69, 9.17) is 9.47 Å². The van der Waals surface area contributed by atoms with Gasteiger partial charge in [0.2, 0.25) is 0 Å². The first-order valence-electron chi connectivity index (χ1n) is 7.69. The van der Waals surface area contributed by atoms with Gasteiger partial charge < -0.3 is 9.47 Å². The Morgan fingerprint density at radius 1 is 1.09 bits per heavy atom. The summed E-state index contributed by atoms with van der Waals surface area (Å²) < 4.78 is 10.4. The van der Waals surface area contributed by atoms with Gasteiger partial charge in [-0.3, -0.25) is 4.79 Å². The molecule has 1 unspecified atom stereocenters. The normalized spacial score (nSPS) is 16.7. The van der Waals surface area contributed by atoms with Crippen LogP contribution in [0.5, 0.6) is 0 Å². The van der Waals surface area contributed by atoms with E-state index in [-0.39, 0.29) is 19.1 Å². The van der Waals surface area contributed by atoms with Crippen LogP contribution in [0.15, 0.2) is 29.8 Å². The van der Waals surface area contributed by atoms with E-state index in [0.29, 0.717) is 5.57 Å². The fourth-order valence-electron chi connectivity index (χ4n) is 2.98. The number of fused-ring (bicyclic) bond motifs is 1. The largest absolute Gasteiger partial charge is 0.465 e. The molecule has 1 aromatic rings. The number of rotatable bonds is 5. The van der Waals surface area contributed by atoms with Crippen molar-refractivity contribution >= 4 is 17.5 Å². The Labute approximate surface area is 131 Å². The van der Waals surface area contributed by atoms with Crippen molar-refractivity contribution in [2.45, 2.75) is 33.6 Å². The molecule has 0 saturated heterocycles. The smallest absolute Gasteiger partial charge is 0.335 e. The van der Waals surface area contributed by atoms with Crippen molar-refractivity contribution < 1.29 is 19.1 Å². The van der Waals surface area contributed by atoms with E-state index in [0.717, 1.165) is 16.7 Å². The van der Waals surface area contributed by atoms with Crippen LogP contribution in [-0.4, -0.2) is 25.2 Å². The summed E-state index contributed by atoms with van der Waals surface area (Å²) in [7, 11) is 0. The molecule has 0 spiro atoms. The third-order valence-electron chi connectivity index (χ3n) is 3.74. The van der Waals surface area contributed by atoms with E-state index >= 15 is 0 Å². The predicted octanol–water partition coefficient (Wildman–Crippen LogP) is 3.32. The molecule has 2 rings (SSSR count). The minimum absolute atomic E-state index is 0.111. The molecular formula is C18H22O4. The number of esters is 2. The van der Waals surface area contributed by atoms with Gasteiger partial charge in [-0.05, 0) is 36.5 Å². The molecule has 0 fully saturated rings. The molecule has 1 aromatic carbocycles. The quantitative estimate of drug-likeness (QED) is 0.783. The second-order valence-corrected chi connectivity index (χ2v) is 5.47. The van der Waals surface area contributed by atoms with Crippen LogP contribution in [0.1, 0.15) is 44.7 Å². The number of allylic oxidation sites excluding steroid dienone is 1. The van der Waals surface area contributed by atoms with Crippen molar-refractivity contribution in [3.63, 3.8) is 0 Å². The number of benzene rings is 1. The third kappa shape index (κ3) is 2.78. The molecule has 0 aromatic heterocycles. The number of carbonyl (C=O) groups excluding carboxylic acids is 2. The number of hydrogen-bond donors (Lipinski definition) is 0. The van der Waals surface area contributed by atoms with Crippen LogP contribution in [0.25, 0.3) is 5.57 Å². The Bertz CT molecular complexity index is 613. The molecule has 22 heavy (non-hydrogen) atoms. The molecule has 1 aliphatic rings. The average molecular weight is 302 g/mol. The highest BCUT2D eigenvalue weighted by Crippen LogP contribution is 2.46. The summed E-state index contributed by atoms with van der Waals surface area (Å²) in [5, 5.41) is 0. The number of hydrogen-bond acceptors (Lipinski definition) is 4. The fourth-order valence-corrected chi connectivity index (χ4v) is 2.98. The maximum atomic E-state index is 12.5. The minimum atomic E-state index is -0.687. The highest BCUT2D eigenvalue weighted by atomic mass is 16.5. The Balaban J connectivity index is 2.62. The molecule has 118 valence electrons. The Hall–Kier alpha value is -2.10. The molecule has 1 aliphatic carbocycles. The van der Waals surface area contributed by atoms with Gasteiger partial charge in [0.15, 0.2) is 0 Å². The summed E-state index contributed by atoms with van der Waals surface area (Å²) in [6.45, 7) is 8.10. The lowest BCUT2D eigenvalue weighted by molar-refractivity contribution is -0.147. The molecule has 0 bridgehead atoms. The Morgan fingerprint density at radius 2 is 1.73 bits per heavy atom. The van der Waals surface area contributed by atoms with Gasteiger partial charge in [0.05, 0.1) is 18.8 Å². The zero-order chi connectivity index (χ0) is 16.3. The van der Waals surface area contributed by atoms with Crippen molar-refractivity contribution in [2.24, 2.45) is 5.92 Å². The maximum absolute atomic E-state index is 12.5. The molecule has 0 amide bonds. The van der Waals surface area contributed by atoms with Crippen LogP contribution in [0, 0.1) is 5.92 Å². The topological polar surface area (TPSA) is 52.6 Å². The summed E-state index contributed by atoms with van der Waals surface area (Å²) in [6, 6.07) is 7.61. The SMILES string of the molecule is CCOC(=O)C1=C(C(C)C)c2ccccc2C1C(=O)OCC. The zero-order valence-electron chi connectivity index (χ0n) is 13.5. The highest BCUT2D eigenvalue weighted by molar-refractivity contribution is 6.09. The van der Waals surface area contributed by atoms with Crippen LogP contribution in [0.3, 0.4) is 0 Å². The second-order valence-electron chi connectivity index (χ2n) is 5.47. The Kier molecular flexibility index (Phi) is 5.01. The van der Waals surface area contributed by atoms with Crippen LogP contribution in [0.4, 0.5) is 0 Å². The van der Waals surface area contributed by atoms with E-state index in [1.807, 2.05) is 38.1 Å². The van der Waals surface area contributed by atoms with Crippen LogP contribution >= 0.6 is 0 Å². The molecule has 0 radical (unpaired) electrons. The molecule has 0 saturated carbocycles. The van der Waals surface area contributed by atoms with Crippen molar-refractivity contribution in [1.82, 2.24) is 0 Å². The van der Waals surface area contributed by atoms with Gasteiger partial charge in [-0.2, -0.15) is 0 Å². The zero-order valence-corrected chi connectivity index (χ0v) is 13.5. The van der Waals surface area contributed by atoms with E-state index in [1.54, 1.807) is 13.8 Å². The first-order chi connectivity index (χ1) is 10.5. The standard InChI is InChI=1S/C18H22O4/c1-5-21-17(19)15-13-10-8-7-9-12(13)14(11(3)4)16(15)18(20)22-6-2/h7-11,15H,5-6H2,1-4H3. The molecule has 0 aliphatic heterocycles. The van der Waals surface area contributed by atoms with Crippen LogP contribution in [0.2, 0.25) is 0 Å². The molecular weight excluding hydrogens is 280 g/mol. The van der Waals surface area contributed by atoms with E-state index in [1.165, 1.54) is 0 Å². The lowest BCUT2D eigenvalue weighted by atomic mass is 9.94. The maximum Gasteiger partial charge on any atom is 0.335 e. The summed E-state index contributed by atoms with van der Waals surface area (Å²) in [6.07, 6.45) is 0. The summed E-state index contributed by atoms with van der Waals surface area (Å²) in [5.74, 6) is -1.40. The van der Waals surface area contributed by atoms with E-state index in [2.05, 4.69) is 0 Å². The van der Waals surface area contributed by atoms with Gasteiger partial charge in [0, 0.05) is 0 Å². The van der Waals surface area contributed by atoms with Gasteiger partial charge in [0.1, 0.15) is 5.92 Å².